The van der Waals surface area contributed by atoms with E-state index in [9.17, 15) is 0 Å². The van der Waals surface area contributed by atoms with Crippen LogP contribution in [0.4, 0.5) is 5.69 Å². The van der Waals surface area contributed by atoms with Crippen LogP contribution >= 0.6 is 11.3 Å². The van der Waals surface area contributed by atoms with E-state index < -0.39 is 0 Å². The first-order chi connectivity index (χ1) is 10.2. The Morgan fingerprint density at radius 1 is 1.24 bits per heavy atom. The first-order valence-corrected chi connectivity index (χ1v) is 8.59. The van der Waals surface area contributed by atoms with Crippen molar-refractivity contribution in [2.75, 3.05) is 24.5 Å². The normalized spacial score (nSPS) is 17.9. The van der Waals surface area contributed by atoms with Crippen LogP contribution < -0.4 is 10.2 Å². The number of benzene rings is 1. The molecule has 3 rings (SSSR count). The lowest BCUT2D eigenvalue weighted by Gasteiger charge is -2.42. The minimum atomic E-state index is 0.0684. The Kier molecular flexibility index (Phi) is 4.27. The molecule has 112 valence electrons. The molecule has 0 radical (unpaired) electrons. The fourth-order valence-electron chi connectivity index (χ4n) is 3.16. The minimum Gasteiger partial charge on any atom is -0.371 e. The Labute approximate surface area is 131 Å². The molecule has 2 heterocycles. The number of aryl methyl sites for hydroxylation is 1. The Morgan fingerprint density at radius 3 is 2.52 bits per heavy atom. The van der Waals surface area contributed by atoms with Gasteiger partial charge in [0.25, 0.3) is 0 Å². The summed E-state index contributed by atoms with van der Waals surface area (Å²) in [6.45, 7) is 7.42. The van der Waals surface area contributed by atoms with Gasteiger partial charge in [0.2, 0.25) is 0 Å². The minimum absolute atomic E-state index is 0.0684. The molecule has 0 saturated carbocycles. The van der Waals surface area contributed by atoms with Gasteiger partial charge >= 0.3 is 0 Å². The number of anilines is 1. The van der Waals surface area contributed by atoms with Gasteiger partial charge in [0.05, 0.1) is 5.54 Å². The maximum absolute atomic E-state index is 4.76. The van der Waals surface area contributed by atoms with Crippen molar-refractivity contribution in [3.05, 3.63) is 46.4 Å². The van der Waals surface area contributed by atoms with Gasteiger partial charge in [0, 0.05) is 29.9 Å². The molecule has 1 fully saturated rings. The Hall–Kier alpha value is -1.39. The largest absolute Gasteiger partial charge is 0.371 e. The van der Waals surface area contributed by atoms with Crippen LogP contribution in [0.2, 0.25) is 0 Å². The highest BCUT2D eigenvalue weighted by atomic mass is 32.1. The summed E-state index contributed by atoms with van der Waals surface area (Å²) in [6.07, 6.45) is 2.23. The van der Waals surface area contributed by atoms with E-state index in [0.29, 0.717) is 0 Å². The molecule has 0 aliphatic carbocycles. The zero-order valence-electron chi connectivity index (χ0n) is 12.8. The molecule has 4 heteroatoms. The fourth-order valence-corrected chi connectivity index (χ4v) is 4.20. The number of piperidine rings is 1. The third kappa shape index (κ3) is 2.97. The molecule has 1 saturated heterocycles. The molecule has 0 unspecified atom stereocenters. The molecule has 1 aliphatic rings. The molecule has 0 atom stereocenters. The van der Waals surface area contributed by atoms with Crippen LogP contribution in [0.1, 0.15) is 30.5 Å². The van der Waals surface area contributed by atoms with Crippen LogP contribution in [0.3, 0.4) is 0 Å². The van der Waals surface area contributed by atoms with E-state index >= 15 is 0 Å². The lowest BCUT2D eigenvalue weighted by molar-refractivity contribution is 0.267. The molecule has 3 nitrogen and oxygen atoms in total. The lowest BCUT2D eigenvalue weighted by Crippen LogP contribution is -2.51. The molecular formula is C17H23N3S. The number of rotatable bonds is 4. The van der Waals surface area contributed by atoms with Crippen molar-refractivity contribution in [1.29, 1.82) is 0 Å². The molecule has 0 spiro atoms. The summed E-state index contributed by atoms with van der Waals surface area (Å²) in [7, 11) is 0. The monoisotopic (exact) mass is 301 g/mol. The molecule has 1 N–H and O–H groups in total. The maximum Gasteiger partial charge on any atom is 0.113 e. The first-order valence-electron chi connectivity index (χ1n) is 7.71. The van der Waals surface area contributed by atoms with Crippen molar-refractivity contribution in [3.63, 3.8) is 0 Å². The van der Waals surface area contributed by atoms with Gasteiger partial charge in [-0.15, -0.1) is 11.3 Å². The smallest absolute Gasteiger partial charge is 0.113 e. The number of nitrogens with one attached hydrogen (secondary N) is 1. The number of aromatic nitrogens is 1. The van der Waals surface area contributed by atoms with Crippen molar-refractivity contribution >= 4 is 17.0 Å². The fraction of sp³-hybridized carbons (Fsp3) is 0.471. The van der Waals surface area contributed by atoms with Crippen LogP contribution in [0.15, 0.2) is 35.7 Å². The molecule has 0 amide bonds. The summed E-state index contributed by atoms with van der Waals surface area (Å²) >= 11 is 1.80. The van der Waals surface area contributed by atoms with Crippen LogP contribution in [-0.2, 0) is 5.54 Å². The van der Waals surface area contributed by atoms with E-state index in [1.807, 2.05) is 0 Å². The Bertz CT molecular complexity index is 571. The van der Waals surface area contributed by atoms with Gasteiger partial charge in [-0.2, -0.15) is 0 Å². The number of nitrogens with zero attached hydrogens (tertiary/aromatic N) is 2. The predicted octanol–water partition coefficient (Wildman–Crippen LogP) is 3.56. The van der Waals surface area contributed by atoms with E-state index in [4.69, 9.17) is 4.98 Å². The van der Waals surface area contributed by atoms with E-state index in [1.54, 1.807) is 11.3 Å². The first kappa shape index (κ1) is 14.5. The van der Waals surface area contributed by atoms with Crippen molar-refractivity contribution < 1.29 is 0 Å². The van der Waals surface area contributed by atoms with Gasteiger partial charge < -0.3 is 10.2 Å². The summed E-state index contributed by atoms with van der Waals surface area (Å²) in [6, 6.07) is 10.7. The van der Waals surface area contributed by atoms with Gasteiger partial charge in [-0.05, 0) is 38.4 Å². The van der Waals surface area contributed by atoms with Crippen molar-refractivity contribution in [1.82, 2.24) is 10.3 Å². The third-order valence-corrected chi connectivity index (χ3v) is 5.45. The van der Waals surface area contributed by atoms with E-state index in [2.05, 4.69) is 59.8 Å². The second kappa shape index (κ2) is 6.16. The number of para-hydroxylation sites is 1. The lowest BCUT2D eigenvalue weighted by atomic mass is 9.87. The van der Waals surface area contributed by atoms with Crippen molar-refractivity contribution in [3.8, 4) is 0 Å². The summed E-state index contributed by atoms with van der Waals surface area (Å²) in [4.78, 5) is 7.24. The summed E-state index contributed by atoms with van der Waals surface area (Å²) in [5.74, 6) is 0. The van der Waals surface area contributed by atoms with Gasteiger partial charge in [0.1, 0.15) is 5.01 Å². The average molecular weight is 301 g/mol. The van der Waals surface area contributed by atoms with Crippen LogP contribution in [0, 0.1) is 6.92 Å². The summed E-state index contributed by atoms with van der Waals surface area (Å²) in [5.41, 5.74) is 2.54. The molecule has 2 aromatic rings. The van der Waals surface area contributed by atoms with Crippen LogP contribution in [0.25, 0.3) is 0 Å². The van der Waals surface area contributed by atoms with Gasteiger partial charge in [-0.3, -0.25) is 0 Å². The Balaban J connectivity index is 1.77. The summed E-state index contributed by atoms with van der Waals surface area (Å²) in [5, 5.41) is 7.14. The molecule has 21 heavy (non-hydrogen) atoms. The van der Waals surface area contributed by atoms with Crippen molar-refractivity contribution in [2.24, 2.45) is 0 Å². The summed E-state index contributed by atoms with van der Waals surface area (Å²) < 4.78 is 0. The van der Waals surface area contributed by atoms with E-state index in [0.717, 1.165) is 38.2 Å². The second-order valence-electron chi connectivity index (χ2n) is 5.73. The molecular weight excluding hydrogens is 278 g/mol. The second-order valence-corrected chi connectivity index (χ2v) is 6.59. The number of thiazole rings is 1. The molecule has 1 aromatic carbocycles. The Morgan fingerprint density at radius 2 is 1.95 bits per heavy atom. The van der Waals surface area contributed by atoms with Gasteiger partial charge in [0.15, 0.2) is 0 Å². The highest BCUT2D eigenvalue weighted by molar-refractivity contribution is 7.09. The number of hydrogen-bond donors (Lipinski definition) is 1. The molecule has 0 bridgehead atoms. The molecule has 1 aromatic heterocycles. The SMILES string of the molecule is CCNC1(c2nc(C)cs2)CCN(c2ccccc2)CC1. The highest BCUT2D eigenvalue weighted by Gasteiger charge is 2.37. The maximum atomic E-state index is 4.76. The quantitative estimate of drug-likeness (QED) is 0.936. The predicted molar refractivity (Wildman–Crippen MR) is 90.1 cm³/mol. The van der Waals surface area contributed by atoms with Gasteiger partial charge in [-0.25, -0.2) is 4.98 Å². The van der Waals surface area contributed by atoms with Crippen LogP contribution in [0.5, 0.6) is 0 Å². The third-order valence-electron chi connectivity index (χ3n) is 4.28. The van der Waals surface area contributed by atoms with E-state index in [-0.39, 0.29) is 5.54 Å². The molecule has 1 aliphatic heterocycles. The van der Waals surface area contributed by atoms with Crippen LogP contribution in [-0.4, -0.2) is 24.6 Å². The number of hydrogen-bond acceptors (Lipinski definition) is 4. The average Bonchev–Trinajstić information content (AvgIpc) is 2.96. The highest BCUT2D eigenvalue weighted by Crippen LogP contribution is 2.36. The zero-order valence-corrected chi connectivity index (χ0v) is 13.6. The van der Waals surface area contributed by atoms with Crippen molar-refractivity contribution in [2.45, 2.75) is 32.2 Å². The standard InChI is InChI=1S/C17H23N3S/c1-3-18-17(16-19-14(2)13-21-16)9-11-20(12-10-17)15-7-5-4-6-8-15/h4-8,13,18H,3,9-12H2,1-2H3. The van der Waals surface area contributed by atoms with Gasteiger partial charge in [-0.1, -0.05) is 25.1 Å². The van der Waals surface area contributed by atoms with E-state index in [1.165, 1.54) is 10.7 Å². The topological polar surface area (TPSA) is 28.2 Å². The zero-order chi connectivity index (χ0) is 14.7.